The van der Waals surface area contributed by atoms with Crippen molar-refractivity contribution in [2.45, 2.75) is 13.0 Å². The van der Waals surface area contributed by atoms with Crippen molar-refractivity contribution in [1.29, 1.82) is 0 Å². The highest BCUT2D eigenvalue weighted by Gasteiger charge is 2.48. The van der Waals surface area contributed by atoms with Gasteiger partial charge in [-0.25, -0.2) is 24.2 Å². The van der Waals surface area contributed by atoms with E-state index < -0.39 is 24.0 Å². The van der Waals surface area contributed by atoms with E-state index in [2.05, 4.69) is 14.5 Å². The van der Waals surface area contributed by atoms with Crippen LogP contribution < -0.4 is 0 Å². The van der Waals surface area contributed by atoms with E-state index in [9.17, 15) is 14.4 Å². The maximum Gasteiger partial charge on any atom is 0.407 e. The second-order valence-corrected chi connectivity index (χ2v) is 1.79. The number of carbonyl (C=O) groups is 3. The van der Waals surface area contributed by atoms with Crippen LogP contribution in [0.5, 0.6) is 0 Å². The van der Waals surface area contributed by atoms with E-state index >= 15 is 0 Å². The van der Waals surface area contributed by atoms with Gasteiger partial charge < -0.3 is 4.74 Å². The average Bonchev–Trinajstić information content (AvgIpc) is 2.61. The minimum Gasteiger partial charge on any atom is -0.435 e. The topological polar surface area (TPSA) is 82.2 Å². The summed E-state index contributed by atoms with van der Waals surface area (Å²) in [5.74, 6) is -2.46. The van der Waals surface area contributed by atoms with Gasteiger partial charge in [-0.3, -0.25) is 0 Å². The predicted molar refractivity (Wildman–Crippen MR) is 27.7 cm³/mol. The van der Waals surface area contributed by atoms with Gasteiger partial charge in [0.25, 0.3) is 6.10 Å². The maximum absolute atomic E-state index is 10.5. The van der Waals surface area contributed by atoms with Gasteiger partial charge in [0.15, 0.2) is 0 Å². The Morgan fingerprint density at radius 3 is 2.36 bits per heavy atom. The first-order chi connectivity index (χ1) is 5.11. The number of cyclic esters (lactones) is 1. The van der Waals surface area contributed by atoms with Crippen LogP contribution in [-0.2, 0) is 28.9 Å². The molecule has 1 fully saturated rings. The Morgan fingerprint density at radius 1 is 1.45 bits per heavy atom. The second-order valence-electron chi connectivity index (χ2n) is 1.79. The normalized spacial score (nSPS) is 20.1. The quantitative estimate of drug-likeness (QED) is 0.210. The Balaban J connectivity index is 2.22. The molecule has 0 N–H and O–H groups in total. The molecule has 0 spiro atoms. The van der Waals surface area contributed by atoms with Crippen LogP contribution >= 0.6 is 0 Å². The third-order valence-corrected chi connectivity index (χ3v) is 0.846. The van der Waals surface area contributed by atoms with Crippen LogP contribution in [-0.4, -0.2) is 24.0 Å². The Morgan fingerprint density at radius 2 is 2.00 bits per heavy atom. The van der Waals surface area contributed by atoms with Crippen molar-refractivity contribution in [3.8, 4) is 0 Å². The average molecular weight is 160 g/mol. The monoisotopic (exact) mass is 160 g/mol. The minimum absolute atomic E-state index is 0.679. The van der Waals surface area contributed by atoms with Crippen molar-refractivity contribution in [1.82, 2.24) is 0 Å². The van der Waals surface area contributed by atoms with Crippen molar-refractivity contribution in [2.24, 2.45) is 0 Å². The van der Waals surface area contributed by atoms with E-state index in [0.717, 1.165) is 6.92 Å². The molecule has 1 atom stereocenters. The molecule has 6 heteroatoms. The van der Waals surface area contributed by atoms with Crippen LogP contribution in [0.15, 0.2) is 0 Å². The standard InChI is InChI=1S/C5H4O6/c1-2(6)10-11-5(8)3-4(7)9-3/h3H,1H3. The summed E-state index contributed by atoms with van der Waals surface area (Å²) in [4.78, 5) is 38.3. The molecule has 0 radical (unpaired) electrons. The van der Waals surface area contributed by atoms with Crippen LogP contribution in [0.25, 0.3) is 0 Å². The summed E-state index contributed by atoms with van der Waals surface area (Å²) in [6.07, 6.45) is -1.20. The molecular formula is C5H4O6. The lowest BCUT2D eigenvalue weighted by atomic mass is 10.5. The summed E-state index contributed by atoms with van der Waals surface area (Å²) < 4.78 is 4.11. The summed E-state index contributed by atoms with van der Waals surface area (Å²) in [7, 11) is 0. The zero-order valence-corrected chi connectivity index (χ0v) is 5.53. The summed E-state index contributed by atoms with van der Waals surface area (Å²) in [6.45, 7) is 1.06. The molecule has 0 aromatic heterocycles. The molecule has 0 amide bonds. The molecule has 0 aliphatic carbocycles. The van der Waals surface area contributed by atoms with Gasteiger partial charge >= 0.3 is 17.9 Å². The molecule has 1 rings (SSSR count). The van der Waals surface area contributed by atoms with Crippen molar-refractivity contribution >= 4 is 17.9 Å². The molecule has 0 bridgehead atoms. The number of hydrogen-bond donors (Lipinski definition) is 0. The molecule has 1 aliphatic rings. The summed E-state index contributed by atoms with van der Waals surface area (Å²) in [5, 5.41) is 0. The van der Waals surface area contributed by atoms with Gasteiger partial charge in [-0.05, 0) is 0 Å². The van der Waals surface area contributed by atoms with Crippen LogP contribution in [0, 0.1) is 0 Å². The molecule has 11 heavy (non-hydrogen) atoms. The molecule has 60 valence electrons. The zero-order chi connectivity index (χ0) is 8.43. The van der Waals surface area contributed by atoms with Gasteiger partial charge in [-0.2, -0.15) is 0 Å². The lowest BCUT2D eigenvalue weighted by Crippen LogP contribution is -2.14. The smallest absolute Gasteiger partial charge is 0.407 e. The highest BCUT2D eigenvalue weighted by molar-refractivity contribution is 6.07. The third-order valence-electron chi connectivity index (χ3n) is 0.846. The second kappa shape index (κ2) is 2.57. The molecule has 1 heterocycles. The lowest BCUT2D eigenvalue weighted by molar-refractivity contribution is -0.258. The van der Waals surface area contributed by atoms with Crippen molar-refractivity contribution in [2.75, 3.05) is 0 Å². The SMILES string of the molecule is CC(=O)OOC(=O)C1OC1=O. The first-order valence-electron chi connectivity index (χ1n) is 2.70. The third kappa shape index (κ3) is 1.92. The van der Waals surface area contributed by atoms with E-state index in [1.54, 1.807) is 0 Å². The van der Waals surface area contributed by atoms with E-state index in [1.165, 1.54) is 0 Å². The summed E-state index contributed by atoms with van der Waals surface area (Å²) >= 11 is 0. The van der Waals surface area contributed by atoms with Gasteiger partial charge in [0.05, 0.1) is 0 Å². The molecule has 0 aromatic rings. The highest BCUT2D eigenvalue weighted by Crippen LogP contribution is 2.13. The lowest BCUT2D eigenvalue weighted by Gasteiger charge is -1.94. The minimum atomic E-state index is -1.20. The highest BCUT2D eigenvalue weighted by atomic mass is 17.2. The molecule has 1 aliphatic heterocycles. The van der Waals surface area contributed by atoms with Crippen molar-refractivity contribution < 1.29 is 28.9 Å². The molecular weight excluding hydrogens is 156 g/mol. The zero-order valence-electron chi connectivity index (χ0n) is 5.53. The van der Waals surface area contributed by atoms with Crippen molar-refractivity contribution in [3.05, 3.63) is 0 Å². The van der Waals surface area contributed by atoms with E-state index in [-0.39, 0.29) is 0 Å². The van der Waals surface area contributed by atoms with Gasteiger partial charge in [0.1, 0.15) is 0 Å². The number of ether oxygens (including phenoxy) is 1. The predicted octanol–water partition coefficient (Wildman–Crippen LogP) is -1.07. The van der Waals surface area contributed by atoms with Gasteiger partial charge in [-0.1, -0.05) is 0 Å². The molecule has 6 nitrogen and oxygen atoms in total. The number of hydrogen-bond acceptors (Lipinski definition) is 6. The van der Waals surface area contributed by atoms with Crippen LogP contribution in [0.3, 0.4) is 0 Å². The Hall–Kier alpha value is -1.59. The van der Waals surface area contributed by atoms with Gasteiger partial charge in [0, 0.05) is 6.92 Å². The number of rotatable bonds is 1. The van der Waals surface area contributed by atoms with E-state index in [1.807, 2.05) is 0 Å². The Kier molecular flexibility index (Phi) is 1.75. The summed E-state index contributed by atoms with van der Waals surface area (Å²) in [6, 6.07) is 0. The van der Waals surface area contributed by atoms with Crippen LogP contribution in [0.1, 0.15) is 6.92 Å². The first kappa shape index (κ1) is 7.52. The number of carbonyl (C=O) groups excluding carboxylic acids is 3. The number of epoxide rings is 1. The van der Waals surface area contributed by atoms with E-state index in [4.69, 9.17) is 0 Å². The molecule has 0 saturated carbocycles. The van der Waals surface area contributed by atoms with Gasteiger partial charge in [0.2, 0.25) is 0 Å². The van der Waals surface area contributed by atoms with Gasteiger partial charge in [-0.15, -0.1) is 0 Å². The first-order valence-corrected chi connectivity index (χ1v) is 2.70. The van der Waals surface area contributed by atoms with Crippen LogP contribution in [0.4, 0.5) is 0 Å². The fraction of sp³-hybridized carbons (Fsp3) is 0.400. The Labute approximate surface area is 60.9 Å². The largest absolute Gasteiger partial charge is 0.435 e. The Bertz CT molecular complexity index is 219. The molecule has 1 saturated heterocycles. The fourth-order valence-corrected chi connectivity index (χ4v) is 0.370. The summed E-state index contributed by atoms with van der Waals surface area (Å²) in [5.41, 5.74) is 0. The van der Waals surface area contributed by atoms with E-state index in [0.29, 0.717) is 0 Å². The fourth-order valence-electron chi connectivity index (χ4n) is 0.370. The van der Waals surface area contributed by atoms with Crippen LogP contribution in [0.2, 0.25) is 0 Å². The van der Waals surface area contributed by atoms with Crippen molar-refractivity contribution in [3.63, 3.8) is 0 Å². The maximum atomic E-state index is 10.5. The molecule has 0 aromatic carbocycles. The molecule has 1 unspecified atom stereocenters.